The molecule has 0 aliphatic rings. The molecule has 1 aromatic carbocycles. The van der Waals surface area contributed by atoms with Gasteiger partial charge in [-0.1, -0.05) is 30.3 Å². The lowest BCUT2D eigenvalue weighted by Gasteiger charge is -2.28. The molecule has 0 radical (unpaired) electrons. The Morgan fingerprint density at radius 3 is 2.39 bits per heavy atom. The van der Waals surface area contributed by atoms with Gasteiger partial charge in [0.15, 0.2) is 0 Å². The second-order valence-electron chi connectivity index (χ2n) is 5.71. The lowest BCUT2D eigenvalue weighted by molar-refractivity contribution is -0.137. The maximum atomic E-state index is 10.7. The topological polar surface area (TPSA) is 49.3 Å². The van der Waals surface area contributed by atoms with Crippen molar-refractivity contribution in [2.45, 2.75) is 51.6 Å². The van der Waals surface area contributed by atoms with E-state index in [-0.39, 0.29) is 18.0 Å². The smallest absolute Gasteiger partial charge is 0.303 e. The van der Waals surface area contributed by atoms with Crippen molar-refractivity contribution in [1.82, 2.24) is 5.32 Å². The molecule has 18 heavy (non-hydrogen) atoms. The van der Waals surface area contributed by atoms with Gasteiger partial charge in [0.2, 0.25) is 0 Å². The van der Waals surface area contributed by atoms with E-state index in [1.54, 1.807) is 0 Å². The molecule has 0 spiro atoms. The van der Waals surface area contributed by atoms with Crippen LogP contribution in [0.2, 0.25) is 0 Å². The number of benzene rings is 1. The molecule has 0 bridgehead atoms. The van der Waals surface area contributed by atoms with Crippen molar-refractivity contribution in [2.24, 2.45) is 0 Å². The zero-order valence-electron chi connectivity index (χ0n) is 11.4. The van der Waals surface area contributed by atoms with Crippen LogP contribution in [0.4, 0.5) is 0 Å². The molecule has 2 N–H and O–H groups in total. The monoisotopic (exact) mass is 249 g/mol. The van der Waals surface area contributed by atoms with E-state index in [0.29, 0.717) is 6.42 Å². The van der Waals surface area contributed by atoms with Gasteiger partial charge in [0.05, 0.1) is 0 Å². The van der Waals surface area contributed by atoms with Crippen LogP contribution in [-0.4, -0.2) is 22.7 Å². The molecule has 3 nitrogen and oxygen atoms in total. The van der Waals surface area contributed by atoms with Crippen LogP contribution in [0, 0.1) is 0 Å². The summed E-state index contributed by atoms with van der Waals surface area (Å²) in [6, 6.07) is 10.4. The van der Waals surface area contributed by atoms with Crippen molar-refractivity contribution in [3.05, 3.63) is 35.9 Å². The maximum Gasteiger partial charge on any atom is 0.303 e. The zero-order chi connectivity index (χ0) is 13.6. The maximum absolute atomic E-state index is 10.7. The van der Waals surface area contributed by atoms with Crippen LogP contribution in [0.1, 0.15) is 39.2 Å². The van der Waals surface area contributed by atoms with Gasteiger partial charge in [-0.05, 0) is 39.2 Å². The molecule has 100 valence electrons. The molecule has 0 aliphatic carbocycles. The number of hydrogen-bond donors (Lipinski definition) is 2. The first-order valence-electron chi connectivity index (χ1n) is 6.40. The molecule has 1 aromatic rings. The van der Waals surface area contributed by atoms with Gasteiger partial charge in [-0.2, -0.15) is 0 Å². The molecule has 3 heteroatoms. The highest BCUT2D eigenvalue weighted by molar-refractivity contribution is 5.66. The van der Waals surface area contributed by atoms with Gasteiger partial charge < -0.3 is 10.4 Å². The van der Waals surface area contributed by atoms with Gasteiger partial charge in [0.1, 0.15) is 0 Å². The average molecular weight is 249 g/mol. The Labute approximate surface area is 109 Å². The van der Waals surface area contributed by atoms with E-state index in [4.69, 9.17) is 5.11 Å². The minimum Gasteiger partial charge on any atom is -0.481 e. The van der Waals surface area contributed by atoms with Crippen LogP contribution >= 0.6 is 0 Å². The largest absolute Gasteiger partial charge is 0.481 e. The minimum absolute atomic E-state index is 0.00203. The van der Waals surface area contributed by atoms with E-state index in [1.807, 2.05) is 18.2 Å². The predicted molar refractivity (Wildman–Crippen MR) is 73.7 cm³/mol. The molecule has 0 amide bonds. The Morgan fingerprint density at radius 1 is 1.28 bits per heavy atom. The fourth-order valence-electron chi connectivity index (χ4n) is 2.03. The van der Waals surface area contributed by atoms with Crippen LogP contribution in [0.3, 0.4) is 0 Å². The highest BCUT2D eigenvalue weighted by atomic mass is 16.4. The summed E-state index contributed by atoms with van der Waals surface area (Å²) in [6.07, 6.45) is 1.73. The standard InChI is InChI=1S/C15H23NO2/c1-15(2,3)16-13(9-10-14(17)18)11-12-7-5-4-6-8-12/h4-8,13,16H,9-11H2,1-3H3,(H,17,18)/t13-/m1/s1. The summed E-state index contributed by atoms with van der Waals surface area (Å²) in [7, 11) is 0. The molecular formula is C15H23NO2. The molecule has 1 rings (SSSR count). The van der Waals surface area contributed by atoms with Gasteiger partial charge in [-0.15, -0.1) is 0 Å². The number of hydrogen-bond acceptors (Lipinski definition) is 2. The Hall–Kier alpha value is -1.35. The summed E-state index contributed by atoms with van der Waals surface area (Å²) in [5.41, 5.74) is 1.24. The Balaban J connectivity index is 2.62. The zero-order valence-corrected chi connectivity index (χ0v) is 11.4. The Morgan fingerprint density at radius 2 is 1.89 bits per heavy atom. The normalized spacial score (nSPS) is 13.3. The van der Waals surface area contributed by atoms with E-state index in [0.717, 1.165) is 6.42 Å². The van der Waals surface area contributed by atoms with Crippen LogP contribution in [0.5, 0.6) is 0 Å². The number of nitrogens with one attached hydrogen (secondary N) is 1. The second kappa shape index (κ2) is 6.55. The fraction of sp³-hybridized carbons (Fsp3) is 0.533. The quantitative estimate of drug-likeness (QED) is 0.815. The molecule has 0 saturated carbocycles. The van der Waals surface area contributed by atoms with Crippen molar-refractivity contribution < 1.29 is 9.90 Å². The Bertz CT molecular complexity index is 368. The first-order valence-corrected chi connectivity index (χ1v) is 6.40. The van der Waals surface area contributed by atoms with E-state index < -0.39 is 5.97 Å². The predicted octanol–water partition coefficient (Wildman–Crippen LogP) is 2.85. The molecule has 0 aliphatic heterocycles. The molecule has 0 heterocycles. The van der Waals surface area contributed by atoms with Crippen molar-refractivity contribution in [2.75, 3.05) is 0 Å². The van der Waals surface area contributed by atoms with Gasteiger partial charge in [-0.3, -0.25) is 4.79 Å². The molecule has 0 unspecified atom stereocenters. The van der Waals surface area contributed by atoms with E-state index in [1.165, 1.54) is 5.56 Å². The summed E-state index contributed by atoms with van der Waals surface area (Å²) in [4.78, 5) is 10.7. The summed E-state index contributed by atoms with van der Waals surface area (Å²) in [6.45, 7) is 6.31. The highest BCUT2D eigenvalue weighted by Crippen LogP contribution is 2.11. The van der Waals surface area contributed by atoms with Crippen molar-refractivity contribution in [1.29, 1.82) is 0 Å². The first-order chi connectivity index (χ1) is 8.37. The van der Waals surface area contributed by atoms with Gasteiger partial charge in [0.25, 0.3) is 0 Å². The van der Waals surface area contributed by atoms with Crippen LogP contribution in [0.25, 0.3) is 0 Å². The van der Waals surface area contributed by atoms with E-state index >= 15 is 0 Å². The summed E-state index contributed by atoms with van der Waals surface area (Å²) in [5.74, 6) is -0.733. The van der Waals surface area contributed by atoms with Gasteiger partial charge in [-0.25, -0.2) is 0 Å². The molecule has 0 saturated heterocycles. The number of carbonyl (C=O) groups is 1. The fourth-order valence-corrected chi connectivity index (χ4v) is 2.03. The lowest BCUT2D eigenvalue weighted by atomic mass is 9.98. The van der Waals surface area contributed by atoms with Crippen molar-refractivity contribution >= 4 is 5.97 Å². The first kappa shape index (κ1) is 14.7. The third-order valence-corrected chi connectivity index (χ3v) is 2.67. The SMILES string of the molecule is CC(C)(C)N[C@H](CCC(=O)O)Cc1ccccc1. The summed E-state index contributed by atoms with van der Waals surface area (Å²) in [5, 5.41) is 12.3. The van der Waals surface area contributed by atoms with Gasteiger partial charge in [0, 0.05) is 18.0 Å². The number of rotatable bonds is 6. The van der Waals surface area contributed by atoms with Crippen LogP contribution in [-0.2, 0) is 11.2 Å². The summed E-state index contributed by atoms with van der Waals surface area (Å²) >= 11 is 0. The number of carboxylic acids is 1. The highest BCUT2D eigenvalue weighted by Gasteiger charge is 2.18. The molecular weight excluding hydrogens is 226 g/mol. The molecule has 1 atom stereocenters. The average Bonchev–Trinajstić information content (AvgIpc) is 2.25. The third kappa shape index (κ3) is 6.40. The second-order valence-corrected chi connectivity index (χ2v) is 5.71. The molecule has 0 fully saturated rings. The number of aliphatic carboxylic acids is 1. The third-order valence-electron chi connectivity index (χ3n) is 2.67. The molecule has 0 aromatic heterocycles. The summed E-state index contributed by atoms with van der Waals surface area (Å²) < 4.78 is 0. The van der Waals surface area contributed by atoms with Crippen molar-refractivity contribution in [3.63, 3.8) is 0 Å². The van der Waals surface area contributed by atoms with E-state index in [2.05, 4.69) is 38.2 Å². The van der Waals surface area contributed by atoms with E-state index in [9.17, 15) is 4.79 Å². The van der Waals surface area contributed by atoms with Gasteiger partial charge >= 0.3 is 5.97 Å². The minimum atomic E-state index is -0.733. The van der Waals surface area contributed by atoms with Crippen molar-refractivity contribution in [3.8, 4) is 0 Å². The number of carboxylic acid groups (broad SMARTS) is 1. The van der Waals surface area contributed by atoms with Crippen LogP contribution in [0.15, 0.2) is 30.3 Å². The van der Waals surface area contributed by atoms with Crippen LogP contribution < -0.4 is 5.32 Å². The Kier molecular flexibility index (Phi) is 5.35. The lowest BCUT2D eigenvalue weighted by Crippen LogP contribution is -2.44.